The fourth-order valence-electron chi connectivity index (χ4n) is 2.97. The molecule has 0 aliphatic carbocycles. The van der Waals surface area contributed by atoms with Crippen molar-refractivity contribution in [2.45, 2.75) is 4.90 Å². The molecule has 10 heteroatoms. The van der Waals surface area contributed by atoms with E-state index in [1.807, 2.05) is 0 Å². The van der Waals surface area contributed by atoms with Gasteiger partial charge in [0.05, 0.1) is 12.3 Å². The van der Waals surface area contributed by atoms with Gasteiger partial charge in [-0.1, -0.05) is 0 Å². The third-order valence-electron chi connectivity index (χ3n) is 4.45. The van der Waals surface area contributed by atoms with E-state index in [9.17, 15) is 17.2 Å². The molecule has 1 aromatic carbocycles. The van der Waals surface area contributed by atoms with Gasteiger partial charge in [-0.3, -0.25) is 9.62 Å². The summed E-state index contributed by atoms with van der Waals surface area (Å²) < 4.78 is 58.6. The Balaban J connectivity index is 1.65. The Morgan fingerprint density at radius 1 is 1.11 bits per heavy atom. The van der Waals surface area contributed by atoms with Crippen LogP contribution in [0.2, 0.25) is 0 Å². The molecule has 1 aromatic heterocycles. The molecule has 152 valence electrons. The Hall–Kier alpha value is -2.30. The minimum atomic E-state index is -4.00. The summed E-state index contributed by atoms with van der Waals surface area (Å²) in [4.78, 5) is 8.54. The molecule has 1 saturated heterocycles. The van der Waals surface area contributed by atoms with E-state index >= 15 is 0 Å². The highest BCUT2D eigenvalue weighted by molar-refractivity contribution is 7.92. The van der Waals surface area contributed by atoms with Crippen LogP contribution in [-0.2, 0) is 14.8 Å². The average molecular weight is 412 g/mol. The highest BCUT2D eigenvalue weighted by Crippen LogP contribution is 2.20. The Morgan fingerprint density at radius 3 is 2.36 bits per heavy atom. The van der Waals surface area contributed by atoms with Crippen molar-refractivity contribution in [1.82, 2.24) is 9.88 Å². The lowest BCUT2D eigenvalue weighted by molar-refractivity contribution is 0.144. The monoisotopic (exact) mass is 412 g/mol. The topological polar surface area (TPSA) is 74.8 Å². The molecule has 1 N–H and O–H groups in total. The van der Waals surface area contributed by atoms with Crippen LogP contribution in [-0.4, -0.2) is 64.7 Å². The van der Waals surface area contributed by atoms with E-state index in [0.717, 1.165) is 44.9 Å². The fourth-order valence-corrected chi connectivity index (χ4v) is 3.95. The number of anilines is 2. The second kappa shape index (κ2) is 8.80. The molecule has 0 atom stereocenters. The number of methoxy groups -OCH3 is 1. The first-order valence-electron chi connectivity index (χ1n) is 8.78. The standard InChI is InChI=1S/C18H22F2N4O3S/c1-27-9-8-23-4-6-24(7-5-23)18-3-2-17(13-21-18)28(25,26)22-16-11-14(19)10-15(20)12-16/h2-3,10-13,22H,4-9H2,1H3. The molecule has 1 aliphatic rings. The second-order valence-corrected chi connectivity index (χ2v) is 8.12. The van der Waals surface area contributed by atoms with Crippen LogP contribution in [0.25, 0.3) is 0 Å². The van der Waals surface area contributed by atoms with Crippen LogP contribution in [0.1, 0.15) is 0 Å². The zero-order valence-corrected chi connectivity index (χ0v) is 16.3. The molecule has 0 radical (unpaired) electrons. The van der Waals surface area contributed by atoms with Crippen molar-refractivity contribution in [1.29, 1.82) is 0 Å². The molecule has 0 saturated carbocycles. The molecule has 0 unspecified atom stereocenters. The van der Waals surface area contributed by atoms with Gasteiger partial charge in [0.1, 0.15) is 22.3 Å². The predicted molar refractivity (Wildman–Crippen MR) is 102 cm³/mol. The van der Waals surface area contributed by atoms with Gasteiger partial charge in [-0.25, -0.2) is 22.2 Å². The number of benzene rings is 1. The molecule has 0 bridgehead atoms. The van der Waals surface area contributed by atoms with Crippen molar-refractivity contribution >= 4 is 21.5 Å². The maximum absolute atomic E-state index is 13.3. The minimum Gasteiger partial charge on any atom is -0.383 e. The van der Waals surface area contributed by atoms with E-state index in [0.29, 0.717) is 18.5 Å². The first-order valence-corrected chi connectivity index (χ1v) is 10.3. The van der Waals surface area contributed by atoms with E-state index in [4.69, 9.17) is 4.74 Å². The number of sulfonamides is 1. The number of halogens is 2. The summed E-state index contributed by atoms with van der Waals surface area (Å²) in [6, 6.07) is 5.54. The maximum Gasteiger partial charge on any atom is 0.263 e. The Labute approximate surface area is 163 Å². The molecule has 0 spiro atoms. The van der Waals surface area contributed by atoms with Gasteiger partial charge >= 0.3 is 0 Å². The van der Waals surface area contributed by atoms with E-state index < -0.39 is 21.7 Å². The van der Waals surface area contributed by atoms with Gasteiger partial charge in [-0.05, 0) is 24.3 Å². The summed E-state index contributed by atoms with van der Waals surface area (Å²) in [6.45, 7) is 4.87. The lowest BCUT2D eigenvalue weighted by Gasteiger charge is -2.35. The first kappa shape index (κ1) is 20.4. The van der Waals surface area contributed by atoms with Crippen molar-refractivity contribution in [2.24, 2.45) is 0 Å². The quantitative estimate of drug-likeness (QED) is 0.749. The van der Waals surface area contributed by atoms with Gasteiger partial charge in [0, 0.05) is 52.1 Å². The number of nitrogens with one attached hydrogen (secondary N) is 1. The van der Waals surface area contributed by atoms with Gasteiger partial charge in [0.15, 0.2) is 0 Å². The van der Waals surface area contributed by atoms with E-state index in [1.54, 1.807) is 13.2 Å². The fraction of sp³-hybridized carbons (Fsp3) is 0.389. The highest BCUT2D eigenvalue weighted by Gasteiger charge is 2.20. The Bertz CT molecular complexity index is 881. The summed E-state index contributed by atoms with van der Waals surface area (Å²) in [6.07, 6.45) is 1.24. The number of pyridine rings is 1. The minimum absolute atomic E-state index is 0.0837. The molecular weight excluding hydrogens is 390 g/mol. The lowest BCUT2D eigenvalue weighted by atomic mass is 10.3. The number of piperazine rings is 1. The first-order chi connectivity index (χ1) is 13.4. The van der Waals surface area contributed by atoms with E-state index in [-0.39, 0.29) is 10.6 Å². The summed E-state index contributed by atoms with van der Waals surface area (Å²) >= 11 is 0. The van der Waals surface area contributed by atoms with Crippen LogP contribution in [0.15, 0.2) is 41.4 Å². The van der Waals surface area contributed by atoms with Crippen LogP contribution < -0.4 is 9.62 Å². The van der Waals surface area contributed by atoms with Gasteiger partial charge in [0.25, 0.3) is 10.0 Å². The SMILES string of the molecule is COCCN1CCN(c2ccc(S(=O)(=O)Nc3cc(F)cc(F)c3)cn2)CC1. The molecule has 3 rings (SSSR count). The number of ether oxygens (including phenoxy) is 1. The zero-order valence-electron chi connectivity index (χ0n) is 15.4. The summed E-state index contributed by atoms with van der Waals surface area (Å²) in [5.74, 6) is -1.05. The Kier molecular flexibility index (Phi) is 6.42. The van der Waals surface area contributed by atoms with Crippen molar-refractivity contribution in [3.63, 3.8) is 0 Å². The smallest absolute Gasteiger partial charge is 0.263 e. The predicted octanol–water partition coefficient (Wildman–Crippen LogP) is 1.93. The van der Waals surface area contributed by atoms with Crippen LogP contribution in [0.5, 0.6) is 0 Å². The number of hydrogen-bond acceptors (Lipinski definition) is 6. The highest BCUT2D eigenvalue weighted by atomic mass is 32.2. The lowest BCUT2D eigenvalue weighted by Crippen LogP contribution is -2.47. The molecular formula is C18H22F2N4O3S. The van der Waals surface area contributed by atoms with Gasteiger partial charge in [0.2, 0.25) is 0 Å². The summed E-state index contributed by atoms with van der Waals surface area (Å²) in [7, 11) is -2.32. The molecule has 2 heterocycles. The average Bonchev–Trinajstić information content (AvgIpc) is 2.66. The molecule has 0 amide bonds. The molecule has 2 aromatic rings. The third-order valence-corrected chi connectivity index (χ3v) is 5.82. The van der Waals surface area contributed by atoms with Crippen molar-refractivity contribution < 1.29 is 21.9 Å². The third kappa shape index (κ3) is 5.15. The van der Waals surface area contributed by atoms with Crippen LogP contribution in [0.3, 0.4) is 0 Å². The van der Waals surface area contributed by atoms with Gasteiger partial charge < -0.3 is 9.64 Å². The van der Waals surface area contributed by atoms with Crippen molar-refractivity contribution in [3.8, 4) is 0 Å². The number of aromatic nitrogens is 1. The summed E-state index contributed by atoms with van der Waals surface area (Å²) in [5, 5.41) is 0. The van der Waals surface area contributed by atoms with Crippen LogP contribution in [0, 0.1) is 11.6 Å². The van der Waals surface area contributed by atoms with Crippen LogP contribution >= 0.6 is 0 Å². The van der Waals surface area contributed by atoms with Gasteiger partial charge in [-0.15, -0.1) is 0 Å². The van der Waals surface area contributed by atoms with E-state index in [2.05, 4.69) is 19.5 Å². The second-order valence-electron chi connectivity index (χ2n) is 6.44. The number of rotatable bonds is 7. The maximum atomic E-state index is 13.3. The van der Waals surface area contributed by atoms with Crippen LogP contribution in [0.4, 0.5) is 20.3 Å². The summed E-state index contributed by atoms with van der Waals surface area (Å²) in [5.41, 5.74) is -0.186. The van der Waals surface area contributed by atoms with Crippen molar-refractivity contribution in [3.05, 3.63) is 48.2 Å². The van der Waals surface area contributed by atoms with Crippen molar-refractivity contribution in [2.75, 3.05) is 56.1 Å². The zero-order chi connectivity index (χ0) is 20.1. The molecule has 28 heavy (non-hydrogen) atoms. The normalized spacial score (nSPS) is 15.6. The molecule has 7 nitrogen and oxygen atoms in total. The van der Waals surface area contributed by atoms with E-state index in [1.165, 1.54) is 12.3 Å². The number of nitrogens with zero attached hydrogens (tertiary/aromatic N) is 3. The largest absolute Gasteiger partial charge is 0.383 e. The Morgan fingerprint density at radius 2 is 1.79 bits per heavy atom. The van der Waals surface area contributed by atoms with Gasteiger partial charge in [-0.2, -0.15) is 0 Å². The molecule has 1 fully saturated rings. The number of hydrogen-bond donors (Lipinski definition) is 1. The molecule has 1 aliphatic heterocycles.